The van der Waals surface area contributed by atoms with Crippen molar-refractivity contribution in [3.63, 3.8) is 0 Å². The molecule has 1 saturated heterocycles. The van der Waals surface area contributed by atoms with Gasteiger partial charge in [-0.2, -0.15) is 5.10 Å². The van der Waals surface area contributed by atoms with Crippen molar-refractivity contribution in [1.82, 2.24) is 9.91 Å². The van der Waals surface area contributed by atoms with Gasteiger partial charge in [0.2, 0.25) is 0 Å². The van der Waals surface area contributed by atoms with Gasteiger partial charge in [-0.1, -0.05) is 0 Å². The Morgan fingerprint density at radius 3 is 2.81 bits per heavy atom. The summed E-state index contributed by atoms with van der Waals surface area (Å²) in [5.74, 6) is -2.51. The van der Waals surface area contributed by atoms with Gasteiger partial charge in [0.15, 0.2) is 5.76 Å². The van der Waals surface area contributed by atoms with Gasteiger partial charge in [0.25, 0.3) is 5.91 Å². The van der Waals surface area contributed by atoms with Crippen molar-refractivity contribution >= 4 is 30.0 Å². The first kappa shape index (κ1) is 14.2. The molecule has 1 aliphatic rings. The van der Waals surface area contributed by atoms with Crippen LogP contribution in [0.15, 0.2) is 21.7 Å². The van der Waals surface area contributed by atoms with E-state index in [2.05, 4.69) is 5.10 Å². The van der Waals surface area contributed by atoms with E-state index in [-0.39, 0.29) is 5.76 Å². The molecule has 21 heavy (non-hydrogen) atoms. The Morgan fingerprint density at radius 1 is 1.52 bits per heavy atom. The highest BCUT2D eigenvalue weighted by Gasteiger charge is 2.37. The third-order valence-electron chi connectivity index (χ3n) is 2.45. The van der Waals surface area contributed by atoms with Gasteiger partial charge in [0.05, 0.1) is 12.3 Å². The quantitative estimate of drug-likeness (QED) is 0.344. The summed E-state index contributed by atoms with van der Waals surface area (Å²) in [7, 11) is 0. The molecule has 2 heterocycles. The standard InChI is InChI=1S/C10H8N4O7/c15-7-4-13(10(18)12(7)5-9(16)17)11-3-6-1-2-8(21-6)14(19)20/h1-3H,4-5H2,(H,16,17)/b11-3+. The lowest BCUT2D eigenvalue weighted by Crippen LogP contribution is -2.35. The van der Waals surface area contributed by atoms with Crippen molar-refractivity contribution in [3.05, 3.63) is 28.0 Å². The van der Waals surface area contributed by atoms with Gasteiger partial charge >= 0.3 is 17.9 Å². The lowest BCUT2D eigenvalue weighted by Gasteiger charge is -2.10. The van der Waals surface area contributed by atoms with Gasteiger partial charge in [-0.3, -0.25) is 19.7 Å². The molecule has 0 saturated carbocycles. The summed E-state index contributed by atoms with van der Waals surface area (Å²) < 4.78 is 4.78. The minimum Gasteiger partial charge on any atom is -0.480 e. The van der Waals surface area contributed by atoms with Crippen molar-refractivity contribution in [2.75, 3.05) is 13.1 Å². The van der Waals surface area contributed by atoms with Gasteiger partial charge in [0, 0.05) is 0 Å². The second-order valence-corrected chi connectivity index (χ2v) is 3.89. The Bertz CT molecular complexity index is 650. The summed E-state index contributed by atoms with van der Waals surface area (Å²) in [4.78, 5) is 43.9. The molecule has 0 aromatic carbocycles. The van der Waals surface area contributed by atoms with Crippen molar-refractivity contribution in [2.45, 2.75) is 0 Å². The molecule has 1 aliphatic heterocycles. The first-order chi connectivity index (χ1) is 9.88. The number of hydrogen-bond acceptors (Lipinski definition) is 7. The van der Waals surface area contributed by atoms with E-state index < -0.39 is 41.8 Å². The van der Waals surface area contributed by atoms with Crippen LogP contribution in [0.5, 0.6) is 0 Å². The molecule has 1 fully saturated rings. The monoisotopic (exact) mass is 296 g/mol. The van der Waals surface area contributed by atoms with Crippen LogP contribution in [0.3, 0.4) is 0 Å². The number of urea groups is 1. The number of hydrogen-bond donors (Lipinski definition) is 1. The van der Waals surface area contributed by atoms with Gasteiger partial charge < -0.3 is 9.52 Å². The van der Waals surface area contributed by atoms with E-state index in [4.69, 9.17) is 9.52 Å². The largest absolute Gasteiger partial charge is 0.480 e. The number of carboxylic acids is 1. The molecule has 0 radical (unpaired) electrons. The third kappa shape index (κ3) is 3.02. The molecule has 0 unspecified atom stereocenters. The van der Waals surface area contributed by atoms with E-state index in [1.807, 2.05) is 0 Å². The maximum atomic E-state index is 11.7. The Balaban J connectivity index is 2.07. The lowest BCUT2D eigenvalue weighted by atomic mass is 10.5. The number of nitrogens with zero attached hydrogens (tertiary/aromatic N) is 4. The summed E-state index contributed by atoms with van der Waals surface area (Å²) >= 11 is 0. The van der Waals surface area contributed by atoms with Gasteiger partial charge in [-0.15, -0.1) is 0 Å². The summed E-state index contributed by atoms with van der Waals surface area (Å²) in [5.41, 5.74) is 0. The predicted molar refractivity (Wildman–Crippen MR) is 64.4 cm³/mol. The minimum absolute atomic E-state index is 0.0126. The Labute approximate surface area is 116 Å². The van der Waals surface area contributed by atoms with E-state index in [0.717, 1.165) is 17.3 Å². The average molecular weight is 296 g/mol. The number of carbonyl (C=O) groups excluding carboxylic acids is 2. The normalized spacial score (nSPS) is 15.2. The molecule has 0 spiro atoms. The zero-order chi connectivity index (χ0) is 15.6. The van der Waals surface area contributed by atoms with Crippen LogP contribution in [0.25, 0.3) is 0 Å². The molecule has 2 rings (SSSR count). The molecular weight excluding hydrogens is 288 g/mol. The van der Waals surface area contributed by atoms with Crippen LogP contribution in [-0.2, 0) is 9.59 Å². The van der Waals surface area contributed by atoms with Crippen molar-refractivity contribution in [3.8, 4) is 0 Å². The molecule has 1 aromatic rings. The van der Waals surface area contributed by atoms with Crippen LogP contribution in [0.1, 0.15) is 5.76 Å². The highest BCUT2D eigenvalue weighted by Crippen LogP contribution is 2.15. The number of imide groups is 1. The number of rotatable bonds is 5. The molecule has 110 valence electrons. The predicted octanol–water partition coefficient (Wildman–Crippen LogP) is -0.129. The average Bonchev–Trinajstić information content (AvgIpc) is 2.96. The topological polar surface area (TPSA) is 147 Å². The van der Waals surface area contributed by atoms with E-state index >= 15 is 0 Å². The van der Waals surface area contributed by atoms with Crippen LogP contribution in [0.4, 0.5) is 10.7 Å². The smallest absolute Gasteiger partial charge is 0.433 e. The lowest BCUT2D eigenvalue weighted by molar-refractivity contribution is -0.402. The number of furan rings is 1. The number of aliphatic carboxylic acids is 1. The fourth-order valence-corrected chi connectivity index (χ4v) is 1.54. The zero-order valence-electron chi connectivity index (χ0n) is 10.3. The summed E-state index contributed by atoms with van der Waals surface area (Å²) in [6.45, 7) is -1.17. The Hall–Kier alpha value is -3.24. The van der Waals surface area contributed by atoms with Crippen LogP contribution in [-0.4, -0.2) is 57.2 Å². The molecule has 0 aliphatic carbocycles. The maximum absolute atomic E-state index is 11.7. The maximum Gasteiger partial charge on any atom is 0.433 e. The Morgan fingerprint density at radius 2 is 2.24 bits per heavy atom. The van der Waals surface area contributed by atoms with E-state index in [0.29, 0.717) is 4.90 Å². The molecule has 0 bridgehead atoms. The van der Waals surface area contributed by atoms with Crippen LogP contribution in [0, 0.1) is 10.1 Å². The number of carbonyl (C=O) groups is 3. The molecular formula is C10H8N4O7. The van der Waals surface area contributed by atoms with Crippen molar-refractivity contribution in [2.24, 2.45) is 5.10 Å². The molecule has 3 amide bonds. The molecule has 1 aromatic heterocycles. The molecule has 11 nitrogen and oxygen atoms in total. The first-order valence-corrected chi connectivity index (χ1v) is 5.50. The molecule has 11 heteroatoms. The van der Waals surface area contributed by atoms with Crippen LogP contribution >= 0.6 is 0 Å². The Kier molecular flexibility index (Phi) is 3.65. The van der Waals surface area contributed by atoms with E-state index in [1.165, 1.54) is 6.07 Å². The highest BCUT2D eigenvalue weighted by molar-refractivity contribution is 6.04. The third-order valence-corrected chi connectivity index (χ3v) is 2.45. The minimum atomic E-state index is -1.33. The van der Waals surface area contributed by atoms with Gasteiger partial charge in [-0.25, -0.2) is 14.7 Å². The van der Waals surface area contributed by atoms with Gasteiger partial charge in [-0.05, 0) is 6.07 Å². The fraction of sp³-hybridized carbons (Fsp3) is 0.200. The molecule has 0 atom stereocenters. The van der Waals surface area contributed by atoms with E-state index in [9.17, 15) is 24.5 Å². The summed E-state index contributed by atoms with van der Waals surface area (Å²) in [5, 5.41) is 23.4. The van der Waals surface area contributed by atoms with Gasteiger partial charge in [0.1, 0.15) is 18.0 Å². The second-order valence-electron chi connectivity index (χ2n) is 3.89. The summed E-state index contributed by atoms with van der Waals surface area (Å²) in [6.07, 6.45) is 1.02. The van der Waals surface area contributed by atoms with Crippen molar-refractivity contribution < 1.29 is 28.8 Å². The first-order valence-electron chi connectivity index (χ1n) is 5.50. The number of amides is 3. The second kappa shape index (κ2) is 5.40. The number of carboxylic acid groups (broad SMARTS) is 1. The molecule has 1 N–H and O–H groups in total. The fourth-order valence-electron chi connectivity index (χ4n) is 1.54. The van der Waals surface area contributed by atoms with Crippen molar-refractivity contribution in [1.29, 1.82) is 0 Å². The highest BCUT2D eigenvalue weighted by atomic mass is 16.6. The van der Waals surface area contributed by atoms with Crippen LogP contribution < -0.4 is 0 Å². The SMILES string of the molecule is O=C(O)CN1C(=O)CN(/N=C/c2ccc([N+](=O)[O-])o2)C1=O. The zero-order valence-corrected chi connectivity index (χ0v) is 10.3. The van der Waals surface area contributed by atoms with E-state index in [1.54, 1.807) is 0 Å². The number of nitro groups is 1. The summed E-state index contributed by atoms with van der Waals surface area (Å²) in [6, 6.07) is 1.48. The van der Waals surface area contributed by atoms with Crippen LogP contribution in [0.2, 0.25) is 0 Å². The number of hydrazone groups is 1.